The zero-order valence-electron chi connectivity index (χ0n) is 13.8. The first-order valence-corrected chi connectivity index (χ1v) is 7.90. The summed E-state index contributed by atoms with van der Waals surface area (Å²) in [6.45, 7) is 2.46. The lowest BCUT2D eigenvalue weighted by Crippen LogP contribution is -2.11. The van der Waals surface area contributed by atoms with E-state index in [2.05, 4.69) is 10.3 Å². The number of benzene rings is 2. The quantitative estimate of drug-likeness (QED) is 0.609. The van der Waals surface area contributed by atoms with Gasteiger partial charge in [0.2, 0.25) is 0 Å². The van der Waals surface area contributed by atoms with Crippen LogP contribution in [-0.2, 0) is 0 Å². The van der Waals surface area contributed by atoms with Crippen molar-refractivity contribution >= 4 is 28.4 Å². The van der Waals surface area contributed by atoms with Crippen LogP contribution in [0.2, 0.25) is 0 Å². The molecule has 6 heteroatoms. The van der Waals surface area contributed by atoms with E-state index >= 15 is 0 Å². The van der Waals surface area contributed by atoms with Crippen LogP contribution in [0.3, 0.4) is 0 Å². The highest BCUT2D eigenvalue weighted by molar-refractivity contribution is 5.97. The third kappa shape index (κ3) is 3.80. The molecule has 1 aromatic heterocycles. The molecular formula is C19H19N3O3. The zero-order valence-corrected chi connectivity index (χ0v) is 13.8. The lowest BCUT2D eigenvalue weighted by Gasteiger charge is -2.16. The lowest BCUT2D eigenvalue weighted by molar-refractivity contribution is 0.209. The summed E-state index contributed by atoms with van der Waals surface area (Å²) in [4.78, 5) is 14.7. The van der Waals surface area contributed by atoms with Crippen LogP contribution in [0.1, 0.15) is 18.4 Å². The Labute approximate surface area is 145 Å². The molecule has 1 amide bonds. The lowest BCUT2D eigenvalue weighted by atomic mass is 10.0. The Morgan fingerprint density at radius 1 is 1.24 bits per heavy atom. The fraction of sp³-hybridized carbons (Fsp3) is 0.158. The molecule has 0 fully saturated rings. The molecule has 2 aromatic carbocycles. The summed E-state index contributed by atoms with van der Waals surface area (Å²) in [7, 11) is 0. The van der Waals surface area contributed by atoms with Crippen LogP contribution in [-0.4, -0.2) is 22.8 Å². The number of hydrogen-bond donors (Lipinski definition) is 3. The summed E-state index contributed by atoms with van der Waals surface area (Å²) in [6, 6.07) is 15.1. The topological polar surface area (TPSA) is 97.5 Å². The fourth-order valence-corrected chi connectivity index (χ4v) is 2.66. The van der Waals surface area contributed by atoms with E-state index in [9.17, 15) is 4.79 Å². The molecule has 3 aromatic rings. The van der Waals surface area contributed by atoms with Gasteiger partial charge in [0.15, 0.2) is 0 Å². The molecule has 25 heavy (non-hydrogen) atoms. The summed E-state index contributed by atoms with van der Waals surface area (Å²) in [6.07, 6.45) is 0.442. The predicted molar refractivity (Wildman–Crippen MR) is 98.2 cm³/mol. The third-order valence-electron chi connectivity index (χ3n) is 3.99. The van der Waals surface area contributed by atoms with Gasteiger partial charge in [-0.05, 0) is 29.8 Å². The van der Waals surface area contributed by atoms with Gasteiger partial charge in [0.1, 0.15) is 11.6 Å². The van der Waals surface area contributed by atoms with Gasteiger partial charge >= 0.3 is 6.09 Å². The number of anilines is 2. The van der Waals surface area contributed by atoms with Crippen LogP contribution in [0, 0.1) is 0 Å². The number of fused-ring (bicyclic) bond motifs is 1. The van der Waals surface area contributed by atoms with Crippen molar-refractivity contribution in [2.45, 2.75) is 12.8 Å². The Hall–Kier alpha value is -3.28. The van der Waals surface area contributed by atoms with Gasteiger partial charge < -0.3 is 15.6 Å². The number of pyridine rings is 1. The largest absolute Gasteiger partial charge is 0.492 e. The van der Waals surface area contributed by atoms with Crippen molar-refractivity contribution in [3.8, 4) is 5.75 Å². The number of nitrogens with two attached hydrogens (primary N) is 1. The number of nitrogens with one attached hydrogen (secondary N) is 1. The predicted octanol–water partition coefficient (Wildman–Crippen LogP) is 4.09. The van der Waals surface area contributed by atoms with Gasteiger partial charge in [-0.2, -0.15) is 0 Å². The van der Waals surface area contributed by atoms with Gasteiger partial charge in [-0.15, -0.1) is 0 Å². The first-order chi connectivity index (χ1) is 12.0. The number of carboxylic acid groups (broad SMARTS) is 1. The molecule has 1 heterocycles. The van der Waals surface area contributed by atoms with Crippen molar-refractivity contribution < 1.29 is 14.6 Å². The Kier molecular flexibility index (Phi) is 4.70. The third-order valence-corrected chi connectivity index (χ3v) is 3.99. The van der Waals surface area contributed by atoms with E-state index in [0.717, 1.165) is 27.8 Å². The van der Waals surface area contributed by atoms with Gasteiger partial charge in [0, 0.05) is 28.6 Å². The first-order valence-electron chi connectivity index (χ1n) is 7.90. The first kappa shape index (κ1) is 16.6. The maximum atomic E-state index is 10.7. The SMILES string of the molecule is CC(COc1ccc(N)c2ccccc12)c1ccnc(NC(=O)O)c1. The molecule has 1 unspecified atom stereocenters. The van der Waals surface area contributed by atoms with Gasteiger partial charge in [0.05, 0.1) is 6.61 Å². The number of carbonyl (C=O) groups is 1. The van der Waals surface area contributed by atoms with E-state index in [4.69, 9.17) is 15.6 Å². The Balaban J connectivity index is 1.76. The summed E-state index contributed by atoms with van der Waals surface area (Å²) < 4.78 is 6.00. The minimum Gasteiger partial charge on any atom is -0.492 e. The molecule has 6 nitrogen and oxygen atoms in total. The van der Waals surface area contributed by atoms with Crippen LogP contribution in [0.4, 0.5) is 16.3 Å². The monoisotopic (exact) mass is 337 g/mol. The van der Waals surface area contributed by atoms with Crippen molar-refractivity contribution in [2.24, 2.45) is 0 Å². The van der Waals surface area contributed by atoms with Gasteiger partial charge in [-0.1, -0.05) is 31.2 Å². The number of amides is 1. The molecule has 0 spiro atoms. The van der Waals surface area contributed by atoms with E-state index in [-0.39, 0.29) is 5.92 Å². The Morgan fingerprint density at radius 2 is 2.00 bits per heavy atom. The van der Waals surface area contributed by atoms with Crippen LogP contribution in [0.5, 0.6) is 5.75 Å². The number of hydrogen-bond acceptors (Lipinski definition) is 4. The molecule has 0 aliphatic rings. The van der Waals surface area contributed by atoms with E-state index in [1.165, 1.54) is 0 Å². The highest BCUT2D eigenvalue weighted by Crippen LogP contribution is 2.30. The molecule has 0 bridgehead atoms. The highest BCUT2D eigenvalue weighted by atomic mass is 16.5. The maximum absolute atomic E-state index is 10.7. The van der Waals surface area contributed by atoms with E-state index in [1.807, 2.05) is 49.4 Å². The highest BCUT2D eigenvalue weighted by Gasteiger charge is 2.11. The number of rotatable bonds is 5. The zero-order chi connectivity index (χ0) is 17.8. The second-order valence-corrected chi connectivity index (χ2v) is 5.82. The smallest absolute Gasteiger partial charge is 0.410 e. The molecule has 0 aliphatic carbocycles. The minimum atomic E-state index is -1.14. The second kappa shape index (κ2) is 7.09. The average Bonchev–Trinajstić information content (AvgIpc) is 2.61. The van der Waals surface area contributed by atoms with Gasteiger partial charge in [-0.3, -0.25) is 5.32 Å². The molecule has 0 aliphatic heterocycles. The summed E-state index contributed by atoms with van der Waals surface area (Å²) >= 11 is 0. The Morgan fingerprint density at radius 3 is 2.76 bits per heavy atom. The molecular weight excluding hydrogens is 318 g/mol. The van der Waals surface area contributed by atoms with Crippen molar-refractivity contribution in [2.75, 3.05) is 17.7 Å². The number of aromatic nitrogens is 1. The van der Waals surface area contributed by atoms with Crippen LogP contribution < -0.4 is 15.8 Å². The van der Waals surface area contributed by atoms with Crippen LogP contribution in [0.25, 0.3) is 10.8 Å². The molecule has 3 rings (SSSR count). The van der Waals surface area contributed by atoms with Crippen molar-refractivity contribution in [1.82, 2.24) is 4.98 Å². The maximum Gasteiger partial charge on any atom is 0.410 e. The molecule has 1 atom stereocenters. The molecule has 0 saturated heterocycles. The van der Waals surface area contributed by atoms with Crippen molar-refractivity contribution in [3.63, 3.8) is 0 Å². The minimum absolute atomic E-state index is 0.0636. The van der Waals surface area contributed by atoms with Gasteiger partial charge in [-0.25, -0.2) is 9.78 Å². The van der Waals surface area contributed by atoms with Crippen molar-refractivity contribution in [3.05, 3.63) is 60.3 Å². The van der Waals surface area contributed by atoms with E-state index in [0.29, 0.717) is 12.4 Å². The van der Waals surface area contributed by atoms with Crippen LogP contribution in [0.15, 0.2) is 54.7 Å². The molecule has 0 saturated carbocycles. The number of nitrogens with zero attached hydrogens (tertiary/aromatic N) is 1. The molecule has 128 valence electrons. The Bertz CT molecular complexity index is 911. The average molecular weight is 337 g/mol. The normalized spacial score (nSPS) is 11.9. The summed E-state index contributed by atoms with van der Waals surface area (Å²) in [5, 5.41) is 13.0. The number of ether oxygens (including phenoxy) is 1. The molecule has 0 radical (unpaired) electrons. The van der Waals surface area contributed by atoms with Crippen LogP contribution >= 0.6 is 0 Å². The second-order valence-electron chi connectivity index (χ2n) is 5.82. The van der Waals surface area contributed by atoms with Crippen molar-refractivity contribution in [1.29, 1.82) is 0 Å². The number of nitrogen functional groups attached to an aromatic ring is 1. The fourth-order valence-electron chi connectivity index (χ4n) is 2.66. The standard InChI is InChI=1S/C19H19N3O3/c1-12(13-8-9-21-18(10-13)22-19(23)24)11-25-17-7-6-16(20)14-4-2-3-5-15(14)17/h2-10,12H,11,20H2,1H3,(H,21,22)(H,23,24). The van der Waals surface area contributed by atoms with E-state index in [1.54, 1.807) is 12.3 Å². The van der Waals surface area contributed by atoms with E-state index < -0.39 is 6.09 Å². The van der Waals surface area contributed by atoms with Gasteiger partial charge in [0.25, 0.3) is 0 Å². The summed E-state index contributed by atoms with van der Waals surface area (Å²) in [5.41, 5.74) is 7.67. The summed E-state index contributed by atoms with van der Waals surface area (Å²) in [5.74, 6) is 1.14. The molecule has 4 N–H and O–H groups in total.